The van der Waals surface area contributed by atoms with Crippen molar-refractivity contribution in [2.24, 2.45) is 0 Å². The summed E-state index contributed by atoms with van der Waals surface area (Å²) in [7, 11) is 0. The van der Waals surface area contributed by atoms with Gasteiger partial charge in [0.2, 0.25) is 0 Å². The highest BCUT2D eigenvalue weighted by Gasteiger charge is 2.39. The second-order valence-corrected chi connectivity index (χ2v) is 6.31. The molecule has 0 fully saturated rings. The van der Waals surface area contributed by atoms with Gasteiger partial charge in [0.1, 0.15) is 0 Å². The third-order valence-corrected chi connectivity index (χ3v) is 4.40. The number of benzene rings is 2. The van der Waals surface area contributed by atoms with Crippen LogP contribution in [0.1, 0.15) is 17.5 Å². The standard InChI is InChI=1S/C16H12BrClN2/c17-12-2-1-3-14(9-12)20-16(10-19)7-6-11-8-13(18)4-5-15(11)16/h1-5,8-9,20H,6-7H2. The molecule has 1 unspecified atom stereocenters. The van der Waals surface area contributed by atoms with E-state index in [-0.39, 0.29) is 0 Å². The van der Waals surface area contributed by atoms with Crippen LogP contribution in [0.4, 0.5) is 5.69 Å². The number of halogens is 2. The maximum atomic E-state index is 9.71. The van der Waals surface area contributed by atoms with Crippen LogP contribution in [0.3, 0.4) is 0 Å². The number of aryl methyl sites for hydroxylation is 1. The molecule has 2 aromatic rings. The fourth-order valence-corrected chi connectivity index (χ4v) is 3.32. The van der Waals surface area contributed by atoms with Crippen LogP contribution in [-0.4, -0.2) is 0 Å². The second kappa shape index (κ2) is 5.12. The van der Waals surface area contributed by atoms with Gasteiger partial charge in [-0.25, -0.2) is 0 Å². The Hall–Kier alpha value is -1.50. The molecular weight excluding hydrogens is 336 g/mol. The Morgan fingerprint density at radius 2 is 2.10 bits per heavy atom. The minimum atomic E-state index is -0.666. The molecule has 1 atom stereocenters. The van der Waals surface area contributed by atoms with E-state index in [9.17, 15) is 5.26 Å². The Balaban J connectivity index is 2.01. The normalized spacial score (nSPS) is 20.2. The second-order valence-electron chi connectivity index (χ2n) is 4.95. The molecule has 0 spiro atoms. The summed E-state index contributed by atoms with van der Waals surface area (Å²) in [4.78, 5) is 0. The van der Waals surface area contributed by atoms with Gasteiger partial charge in [0, 0.05) is 15.2 Å². The minimum absolute atomic E-state index is 0.666. The van der Waals surface area contributed by atoms with Gasteiger partial charge in [0.15, 0.2) is 5.54 Å². The maximum absolute atomic E-state index is 9.71. The van der Waals surface area contributed by atoms with Crippen molar-refractivity contribution >= 4 is 33.2 Å². The lowest BCUT2D eigenvalue weighted by atomic mass is 9.93. The molecule has 0 amide bonds. The van der Waals surface area contributed by atoms with Gasteiger partial charge < -0.3 is 5.32 Å². The van der Waals surface area contributed by atoms with Crippen LogP contribution >= 0.6 is 27.5 Å². The smallest absolute Gasteiger partial charge is 0.151 e. The van der Waals surface area contributed by atoms with E-state index in [1.165, 1.54) is 0 Å². The topological polar surface area (TPSA) is 35.8 Å². The summed E-state index contributed by atoms with van der Waals surface area (Å²) in [6.07, 6.45) is 1.62. The van der Waals surface area contributed by atoms with Crippen LogP contribution in [0.5, 0.6) is 0 Å². The van der Waals surface area contributed by atoms with Crippen molar-refractivity contribution in [1.29, 1.82) is 5.26 Å². The van der Waals surface area contributed by atoms with Gasteiger partial charge in [-0.2, -0.15) is 5.26 Å². The Bertz CT molecular complexity index is 708. The highest BCUT2D eigenvalue weighted by molar-refractivity contribution is 9.10. The van der Waals surface area contributed by atoms with Crippen molar-refractivity contribution in [1.82, 2.24) is 0 Å². The average Bonchev–Trinajstić information content (AvgIpc) is 2.77. The van der Waals surface area contributed by atoms with E-state index < -0.39 is 5.54 Å². The molecule has 0 saturated carbocycles. The van der Waals surface area contributed by atoms with Crippen molar-refractivity contribution in [2.45, 2.75) is 18.4 Å². The van der Waals surface area contributed by atoms with E-state index in [0.29, 0.717) is 0 Å². The van der Waals surface area contributed by atoms with Gasteiger partial charge in [-0.05, 0) is 54.3 Å². The molecule has 0 radical (unpaired) electrons. The lowest BCUT2D eigenvalue weighted by Gasteiger charge is -2.25. The SMILES string of the molecule is N#CC1(Nc2cccc(Br)c2)CCc2cc(Cl)ccc21. The molecule has 0 heterocycles. The number of hydrogen-bond donors (Lipinski definition) is 1. The summed E-state index contributed by atoms with van der Waals surface area (Å²) in [6, 6.07) is 16.1. The first kappa shape index (κ1) is 13.5. The molecule has 3 rings (SSSR count). The van der Waals surface area contributed by atoms with Gasteiger partial charge in [0.25, 0.3) is 0 Å². The van der Waals surface area contributed by atoms with E-state index in [1.807, 2.05) is 42.5 Å². The minimum Gasteiger partial charge on any atom is -0.364 e. The third-order valence-electron chi connectivity index (χ3n) is 3.67. The summed E-state index contributed by atoms with van der Waals surface area (Å²) in [5.74, 6) is 0. The van der Waals surface area contributed by atoms with E-state index in [1.54, 1.807) is 0 Å². The number of rotatable bonds is 2. The average molecular weight is 348 g/mol. The molecule has 1 aliphatic rings. The summed E-state index contributed by atoms with van der Waals surface area (Å²) >= 11 is 9.48. The summed E-state index contributed by atoms with van der Waals surface area (Å²) < 4.78 is 0.991. The summed E-state index contributed by atoms with van der Waals surface area (Å²) in [6.45, 7) is 0. The van der Waals surface area contributed by atoms with Crippen LogP contribution in [0.2, 0.25) is 5.02 Å². The van der Waals surface area contributed by atoms with Crippen molar-refractivity contribution in [3.63, 3.8) is 0 Å². The van der Waals surface area contributed by atoms with E-state index in [2.05, 4.69) is 27.3 Å². The Kier molecular flexibility index (Phi) is 3.45. The summed E-state index contributed by atoms with van der Waals surface area (Å²) in [5.41, 5.74) is 2.45. The monoisotopic (exact) mass is 346 g/mol. The molecule has 0 aromatic heterocycles. The van der Waals surface area contributed by atoms with Crippen LogP contribution in [0.25, 0.3) is 0 Å². The van der Waals surface area contributed by atoms with E-state index in [4.69, 9.17) is 11.6 Å². The largest absolute Gasteiger partial charge is 0.364 e. The number of hydrogen-bond acceptors (Lipinski definition) is 2. The zero-order chi connectivity index (χ0) is 14.2. The molecule has 0 bridgehead atoms. The van der Waals surface area contributed by atoms with Crippen molar-refractivity contribution in [2.75, 3.05) is 5.32 Å². The zero-order valence-electron chi connectivity index (χ0n) is 10.7. The first-order valence-corrected chi connectivity index (χ1v) is 7.54. The fourth-order valence-electron chi connectivity index (χ4n) is 2.73. The number of nitrogens with zero attached hydrogens (tertiary/aromatic N) is 1. The molecule has 1 aliphatic carbocycles. The number of nitrogens with one attached hydrogen (secondary N) is 1. The number of anilines is 1. The first-order chi connectivity index (χ1) is 9.63. The van der Waals surface area contributed by atoms with E-state index >= 15 is 0 Å². The maximum Gasteiger partial charge on any atom is 0.151 e. The Labute approximate surface area is 131 Å². The Morgan fingerprint density at radius 3 is 2.85 bits per heavy atom. The molecule has 0 saturated heterocycles. The summed E-state index contributed by atoms with van der Waals surface area (Å²) in [5, 5.41) is 13.8. The van der Waals surface area contributed by atoms with Gasteiger partial charge >= 0.3 is 0 Å². The zero-order valence-corrected chi connectivity index (χ0v) is 13.0. The van der Waals surface area contributed by atoms with Gasteiger partial charge in [-0.3, -0.25) is 0 Å². The van der Waals surface area contributed by atoms with Gasteiger partial charge in [-0.1, -0.05) is 39.7 Å². The number of nitriles is 1. The molecule has 0 aliphatic heterocycles. The predicted octanol–water partition coefficient (Wildman–Crippen LogP) is 4.88. The quantitative estimate of drug-likeness (QED) is 0.840. The van der Waals surface area contributed by atoms with Crippen molar-refractivity contribution < 1.29 is 0 Å². The predicted molar refractivity (Wildman–Crippen MR) is 84.8 cm³/mol. The van der Waals surface area contributed by atoms with Crippen molar-refractivity contribution in [3.8, 4) is 6.07 Å². The lowest BCUT2D eigenvalue weighted by Crippen LogP contribution is -2.31. The molecule has 4 heteroatoms. The molecule has 100 valence electrons. The van der Waals surface area contributed by atoms with Gasteiger partial charge in [0.05, 0.1) is 6.07 Å². The van der Waals surface area contributed by atoms with Crippen LogP contribution in [-0.2, 0) is 12.0 Å². The molecule has 2 nitrogen and oxygen atoms in total. The lowest BCUT2D eigenvalue weighted by molar-refractivity contribution is 0.621. The van der Waals surface area contributed by atoms with Crippen LogP contribution < -0.4 is 5.32 Å². The van der Waals surface area contributed by atoms with E-state index in [0.717, 1.165) is 39.2 Å². The van der Waals surface area contributed by atoms with Crippen LogP contribution in [0, 0.1) is 11.3 Å². The molecule has 2 aromatic carbocycles. The fraction of sp³-hybridized carbons (Fsp3) is 0.188. The van der Waals surface area contributed by atoms with Crippen LogP contribution in [0.15, 0.2) is 46.9 Å². The highest BCUT2D eigenvalue weighted by atomic mass is 79.9. The highest BCUT2D eigenvalue weighted by Crippen LogP contribution is 2.40. The Morgan fingerprint density at radius 1 is 1.25 bits per heavy atom. The number of fused-ring (bicyclic) bond motifs is 1. The van der Waals surface area contributed by atoms with Crippen molar-refractivity contribution in [3.05, 3.63) is 63.1 Å². The van der Waals surface area contributed by atoms with Gasteiger partial charge in [-0.15, -0.1) is 0 Å². The molecular formula is C16H12BrClN2. The molecule has 1 N–H and O–H groups in total. The first-order valence-electron chi connectivity index (χ1n) is 6.37. The third kappa shape index (κ3) is 2.30. The molecule has 20 heavy (non-hydrogen) atoms.